The van der Waals surface area contributed by atoms with Gasteiger partial charge in [0.05, 0.1) is 5.52 Å². The van der Waals surface area contributed by atoms with Gasteiger partial charge in [-0.1, -0.05) is 6.92 Å². The minimum atomic E-state index is -0.869. The molecule has 0 radical (unpaired) electrons. The summed E-state index contributed by atoms with van der Waals surface area (Å²) in [5.41, 5.74) is 1.45. The topological polar surface area (TPSA) is 24.9 Å². The third-order valence-corrected chi connectivity index (χ3v) is 2.55. The number of benzene rings is 1. The molecule has 16 heavy (non-hydrogen) atoms. The Balaban J connectivity index is 2.73. The highest BCUT2D eigenvalue weighted by atomic mass is 19.2. The van der Waals surface area contributed by atoms with E-state index in [1.165, 1.54) is 6.07 Å². The summed E-state index contributed by atoms with van der Waals surface area (Å²) >= 11 is 0. The SMILES string of the molecule is CCc1cc2cc(F)c(F)cc2nc1NC. The number of pyridine rings is 1. The standard InChI is InChI=1S/C12H12F2N2/c1-3-7-4-8-5-9(13)10(14)6-11(8)16-12(7)15-2/h4-6H,3H2,1-2H3,(H,15,16). The molecule has 0 spiro atoms. The molecule has 1 N–H and O–H groups in total. The van der Waals surface area contributed by atoms with Crippen molar-refractivity contribution >= 4 is 16.7 Å². The van der Waals surface area contributed by atoms with E-state index in [4.69, 9.17) is 0 Å². The molecule has 0 aliphatic rings. The van der Waals surface area contributed by atoms with Crippen molar-refractivity contribution in [2.24, 2.45) is 0 Å². The molecule has 0 unspecified atom stereocenters. The number of hydrogen-bond acceptors (Lipinski definition) is 2. The summed E-state index contributed by atoms with van der Waals surface area (Å²) in [5, 5.41) is 3.57. The molecule has 1 heterocycles. The molecule has 0 fully saturated rings. The van der Waals surface area contributed by atoms with Gasteiger partial charge < -0.3 is 5.32 Å². The number of aryl methyl sites for hydroxylation is 1. The summed E-state index contributed by atoms with van der Waals surface area (Å²) in [6.07, 6.45) is 0.790. The van der Waals surface area contributed by atoms with Gasteiger partial charge in [0.15, 0.2) is 11.6 Å². The van der Waals surface area contributed by atoms with Crippen molar-refractivity contribution in [1.82, 2.24) is 4.98 Å². The normalized spacial score (nSPS) is 10.8. The molecule has 1 aromatic carbocycles. The lowest BCUT2D eigenvalue weighted by molar-refractivity contribution is 0.510. The second kappa shape index (κ2) is 4.04. The summed E-state index contributed by atoms with van der Waals surface area (Å²) in [5.74, 6) is -0.999. The number of anilines is 1. The lowest BCUT2D eigenvalue weighted by Crippen LogP contribution is -1.99. The second-order valence-corrected chi connectivity index (χ2v) is 3.56. The van der Waals surface area contributed by atoms with E-state index >= 15 is 0 Å². The van der Waals surface area contributed by atoms with Gasteiger partial charge in [-0.3, -0.25) is 0 Å². The quantitative estimate of drug-likeness (QED) is 0.844. The lowest BCUT2D eigenvalue weighted by atomic mass is 10.1. The maximum atomic E-state index is 13.0. The van der Waals surface area contributed by atoms with E-state index in [2.05, 4.69) is 10.3 Å². The zero-order valence-electron chi connectivity index (χ0n) is 9.14. The predicted octanol–water partition coefficient (Wildman–Crippen LogP) is 3.12. The number of aromatic nitrogens is 1. The summed E-state index contributed by atoms with van der Waals surface area (Å²) in [6.45, 7) is 1.99. The minimum Gasteiger partial charge on any atom is -0.373 e. The van der Waals surface area contributed by atoms with Crippen molar-refractivity contribution in [2.45, 2.75) is 13.3 Å². The van der Waals surface area contributed by atoms with E-state index in [0.717, 1.165) is 18.1 Å². The fraction of sp³-hybridized carbons (Fsp3) is 0.250. The number of fused-ring (bicyclic) bond motifs is 1. The van der Waals surface area contributed by atoms with Crippen LogP contribution in [0.4, 0.5) is 14.6 Å². The summed E-state index contributed by atoms with van der Waals surface area (Å²) < 4.78 is 26.1. The van der Waals surface area contributed by atoms with E-state index in [9.17, 15) is 8.78 Å². The molecular formula is C12H12F2N2. The Hall–Kier alpha value is -1.71. The van der Waals surface area contributed by atoms with E-state index in [1.807, 2.05) is 13.0 Å². The molecule has 4 heteroatoms. The molecule has 0 aliphatic heterocycles. The average Bonchev–Trinajstić information content (AvgIpc) is 2.29. The molecule has 2 aromatic rings. The van der Waals surface area contributed by atoms with Gasteiger partial charge in [0.25, 0.3) is 0 Å². The highest BCUT2D eigenvalue weighted by Crippen LogP contribution is 2.22. The number of rotatable bonds is 2. The Bertz CT molecular complexity index is 490. The zero-order chi connectivity index (χ0) is 11.7. The maximum absolute atomic E-state index is 13.0. The maximum Gasteiger partial charge on any atom is 0.161 e. The van der Waals surface area contributed by atoms with Gasteiger partial charge in [0.2, 0.25) is 0 Å². The number of hydrogen-bond donors (Lipinski definition) is 1. The van der Waals surface area contributed by atoms with Crippen molar-refractivity contribution in [2.75, 3.05) is 12.4 Å². The van der Waals surface area contributed by atoms with Crippen LogP contribution in [0.1, 0.15) is 12.5 Å². The monoisotopic (exact) mass is 222 g/mol. The minimum absolute atomic E-state index is 0.459. The van der Waals surface area contributed by atoms with Gasteiger partial charge in [-0.05, 0) is 24.1 Å². The van der Waals surface area contributed by atoms with Gasteiger partial charge in [-0.15, -0.1) is 0 Å². The third kappa shape index (κ3) is 1.71. The van der Waals surface area contributed by atoms with Crippen molar-refractivity contribution in [3.63, 3.8) is 0 Å². The van der Waals surface area contributed by atoms with Crippen LogP contribution >= 0.6 is 0 Å². The fourth-order valence-corrected chi connectivity index (χ4v) is 1.70. The molecular weight excluding hydrogens is 210 g/mol. The van der Waals surface area contributed by atoms with E-state index in [0.29, 0.717) is 16.7 Å². The summed E-state index contributed by atoms with van der Waals surface area (Å²) in [4.78, 5) is 4.25. The van der Waals surface area contributed by atoms with Gasteiger partial charge >= 0.3 is 0 Å². The second-order valence-electron chi connectivity index (χ2n) is 3.56. The van der Waals surface area contributed by atoms with Crippen LogP contribution in [0.15, 0.2) is 18.2 Å². The van der Waals surface area contributed by atoms with Crippen LogP contribution in [0.5, 0.6) is 0 Å². The first-order valence-corrected chi connectivity index (χ1v) is 5.12. The van der Waals surface area contributed by atoms with Gasteiger partial charge in [-0.2, -0.15) is 0 Å². The molecule has 0 aliphatic carbocycles. The Morgan fingerprint density at radius 3 is 2.50 bits per heavy atom. The molecule has 0 saturated carbocycles. The molecule has 0 atom stereocenters. The van der Waals surface area contributed by atoms with Crippen molar-refractivity contribution in [3.05, 3.63) is 35.4 Å². The first-order chi connectivity index (χ1) is 7.65. The van der Waals surface area contributed by atoms with Crippen molar-refractivity contribution in [1.29, 1.82) is 0 Å². The zero-order valence-corrected chi connectivity index (χ0v) is 9.14. The van der Waals surface area contributed by atoms with Crippen molar-refractivity contribution < 1.29 is 8.78 Å². The lowest BCUT2D eigenvalue weighted by Gasteiger charge is -2.08. The Morgan fingerprint density at radius 2 is 1.88 bits per heavy atom. The first kappa shape index (κ1) is 10.8. The van der Waals surface area contributed by atoms with E-state index < -0.39 is 11.6 Å². The smallest absolute Gasteiger partial charge is 0.161 e. The van der Waals surface area contributed by atoms with Crippen LogP contribution < -0.4 is 5.32 Å². The van der Waals surface area contributed by atoms with Crippen LogP contribution in [0.25, 0.3) is 10.9 Å². The number of halogens is 2. The van der Waals surface area contributed by atoms with Gasteiger partial charge in [-0.25, -0.2) is 13.8 Å². The van der Waals surface area contributed by atoms with Crippen LogP contribution in [0.3, 0.4) is 0 Å². The van der Waals surface area contributed by atoms with E-state index in [1.54, 1.807) is 7.05 Å². The Morgan fingerprint density at radius 1 is 1.19 bits per heavy atom. The average molecular weight is 222 g/mol. The molecule has 2 rings (SSSR count). The fourth-order valence-electron chi connectivity index (χ4n) is 1.70. The molecule has 84 valence electrons. The van der Waals surface area contributed by atoms with Gasteiger partial charge in [0, 0.05) is 18.5 Å². The third-order valence-electron chi connectivity index (χ3n) is 2.55. The van der Waals surface area contributed by atoms with Crippen molar-refractivity contribution in [3.8, 4) is 0 Å². The molecule has 1 aromatic heterocycles. The van der Waals surface area contributed by atoms with Crippen LogP contribution in [-0.4, -0.2) is 12.0 Å². The predicted molar refractivity (Wildman–Crippen MR) is 60.6 cm³/mol. The molecule has 0 amide bonds. The highest BCUT2D eigenvalue weighted by Gasteiger charge is 2.08. The number of nitrogens with one attached hydrogen (secondary N) is 1. The Kier molecular flexibility index (Phi) is 2.73. The molecule has 0 bridgehead atoms. The molecule has 2 nitrogen and oxygen atoms in total. The first-order valence-electron chi connectivity index (χ1n) is 5.12. The Labute approximate surface area is 92.3 Å². The van der Waals surface area contributed by atoms with Crippen LogP contribution in [-0.2, 0) is 6.42 Å². The van der Waals surface area contributed by atoms with Crippen LogP contribution in [0, 0.1) is 11.6 Å². The summed E-state index contributed by atoms with van der Waals surface area (Å²) in [7, 11) is 1.76. The highest BCUT2D eigenvalue weighted by molar-refractivity contribution is 5.81. The van der Waals surface area contributed by atoms with Crippen LogP contribution in [0.2, 0.25) is 0 Å². The van der Waals surface area contributed by atoms with Gasteiger partial charge in [0.1, 0.15) is 5.82 Å². The molecule has 0 saturated heterocycles. The summed E-state index contributed by atoms with van der Waals surface area (Å²) in [6, 6.07) is 4.12. The number of nitrogens with zero attached hydrogens (tertiary/aromatic N) is 1. The largest absolute Gasteiger partial charge is 0.373 e. The van der Waals surface area contributed by atoms with E-state index in [-0.39, 0.29) is 0 Å².